The number of piperidine rings is 1. The van der Waals surface area contributed by atoms with Gasteiger partial charge in [0.2, 0.25) is 5.88 Å². The Bertz CT molecular complexity index is 874. The SMILES string of the molecule is CC1(COC(=O)N2CCC([C@H]3C[C@H]3CCOc3ccc(S(C)(=O)=O)cn3)CC2)CCC1. The molecule has 1 saturated heterocycles. The summed E-state index contributed by atoms with van der Waals surface area (Å²) in [5.41, 5.74) is 0.211. The molecule has 1 aromatic heterocycles. The number of amides is 1. The van der Waals surface area contributed by atoms with Gasteiger partial charge in [0.05, 0.1) is 18.1 Å². The fourth-order valence-electron chi connectivity index (χ4n) is 4.93. The van der Waals surface area contributed by atoms with Crippen molar-refractivity contribution in [3.63, 3.8) is 0 Å². The molecule has 0 N–H and O–H groups in total. The first-order chi connectivity index (χ1) is 14.7. The monoisotopic (exact) mass is 450 g/mol. The van der Waals surface area contributed by atoms with Crippen LogP contribution in [-0.2, 0) is 14.6 Å². The fourth-order valence-corrected chi connectivity index (χ4v) is 5.49. The third-order valence-electron chi connectivity index (χ3n) is 7.36. The topological polar surface area (TPSA) is 85.8 Å². The number of likely N-dealkylation sites (tertiary alicyclic amines) is 1. The maximum absolute atomic E-state index is 12.3. The zero-order valence-corrected chi connectivity index (χ0v) is 19.4. The smallest absolute Gasteiger partial charge is 0.409 e. The molecule has 1 aromatic rings. The summed E-state index contributed by atoms with van der Waals surface area (Å²) in [4.78, 5) is 18.5. The first-order valence-corrected chi connectivity index (χ1v) is 13.3. The molecule has 2 aliphatic carbocycles. The number of carbonyl (C=O) groups excluding carboxylic acids is 1. The van der Waals surface area contributed by atoms with E-state index in [4.69, 9.17) is 9.47 Å². The van der Waals surface area contributed by atoms with E-state index >= 15 is 0 Å². The number of carbonyl (C=O) groups is 1. The van der Waals surface area contributed by atoms with Crippen LogP contribution in [0.3, 0.4) is 0 Å². The van der Waals surface area contributed by atoms with Crippen molar-refractivity contribution in [1.29, 1.82) is 0 Å². The molecule has 1 aliphatic heterocycles. The summed E-state index contributed by atoms with van der Waals surface area (Å²) in [7, 11) is -3.23. The van der Waals surface area contributed by atoms with Gasteiger partial charge in [-0.3, -0.25) is 0 Å². The van der Waals surface area contributed by atoms with Crippen LogP contribution in [0.25, 0.3) is 0 Å². The van der Waals surface area contributed by atoms with E-state index in [1.165, 1.54) is 31.4 Å². The van der Waals surface area contributed by atoms with E-state index in [1.807, 2.05) is 4.90 Å². The summed E-state index contributed by atoms with van der Waals surface area (Å²) in [6.45, 7) is 4.96. The number of hydrogen-bond acceptors (Lipinski definition) is 6. The lowest BCUT2D eigenvalue weighted by molar-refractivity contribution is 0.0188. The van der Waals surface area contributed by atoms with Gasteiger partial charge in [-0.25, -0.2) is 18.2 Å². The second-order valence-electron chi connectivity index (χ2n) is 9.94. The fraction of sp³-hybridized carbons (Fsp3) is 0.739. The molecule has 0 spiro atoms. The maximum Gasteiger partial charge on any atom is 0.409 e. The minimum Gasteiger partial charge on any atom is -0.478 e. The molecule has 0 unspecified atom stereocenters. The van der Waals surface area contributed by atoms with Crippen molar-refractivity contribution in [2.45, 2.75) is 56.8 Å². The van der Waals surface area contributed by atoms with Crippen LogP contribution < -0.4 is 4.74 Å². The van der Waals surface area contributed by atoms with Crippen LogP contribution in [0.1, 0.15) is 51.9 Å². The molecule has 1 amide bonds. The molecule has 3 aliphatic rings. The Labute approximate surface area is 185 Å². The molecule has 3 fully saturated rings. The van der Waals surface area contributed by atoms with E-state index in [9.17, 15) is 13.2 Å². The molecule has 8 heteroatoms. The van der Waals surface area contributed by atoms with Crippen LogP contribution in [-0.4, -0.2) is 57.0 Å². The first-order valence-electron chi connectivity index (χ1n) is 11.4. The number of sulfone groups is 1. The van der Waals surface area contributed by atoms with Gasteiger partial charge in [0.15, 0.2) is 9.84 Å². The Morgan fingerprint density at radius 1 is 1.26 bits per heavy atom. The van der Waals surface area contributed by atoms with Crippen LogP contribution >= 0.6 is 0 Å². The van der Waals surface area contributed by atoms with Crippen molar-refractivity contribution in [2.24, 2.45) is 23.2 Å². The van der Waals surface area contributed by atoms with Gasteiger partial charge in [0.25, 0.3) is 0 Å². The Morgan fingerprint density at radius 3 is 2.58 bits per heavy atom. The third-order valence-corrected chi connectivity index (χ3v) is 8.46. The van der Waals surface area contributed by atoms with E-state index in [0.717, 1.165) is 51.1 Å². The lowest BCUT2D eigenvalue weighted by atomic mass is 9.71. The molecule has 172 valence electrons. The minimum atomic E-state index is -3.23. The molecule has 0 aromatic carbocycles. The normalized spacial score (nSPS) is 25.5. The molecule has 7 nitrogen and oxygen atoms in total. The predicted octanol–water partition coefficient (Wildman–Crippen LogP) is 3.93. The molecule has 31 heavy (non-hydrogen) atoms. The van der Waals surface area contributed by atoms with Crippen LogP contribution in [0.15, 0.2) is 23.2 Å². The molecule has 0 radical (unpaired) electrons. The molecular formula is C23H34N2O5S. The number of hydrogen-bond donors (Lipinski definition) is 0. The number of ether oxygens (including phenoxy) is 2. The van der Waals surface area contributed by atoms with Crippen LogP contribution in [0, 0.1) is 23.2 Å². The van der Waals surface area contributed by atoms with Crippen molar-refractivity contribution in [1.82, 2.24) is 9.88 Å². The Hall–Kier alpha value is -1.83. The molecule has 4 rings (SSSR count). The van der Waals surface area contributed by atoms with Gasteiger partial charge < -0.3 is 14.4 Å². The number of rotatable bonds is 8. The van der Waals surface area contributed by atoms with Crippen LogP contribution in [0.5, 0.6) is 5.88 Å². The summed E-state index contributed by atoms with van der Waals surface area (Å²) < 4.78 is 34.2. The van der Waals surface area contributed by atoms with E-state index in [1.54, 1.807) is 6.07 Å². The third kappa shape index (κ3) is 5.70. The zero-order chi connectivity index (χ0) is 22.1. The molecule has 2 heterocycles. The first kappa shape index (κ1) is 22.4. The Kier molecular flexibility index (Phi) is 6.47. The van der Waals surface area contributed by atoms with Crippen molar-refractivity contribution < 1.29 is 22.7 Å². The van der Waals surface area contributed by atoms with Gasteiger partial charge in [0.1, 0.15) is 0 Å². The number of pyridine rings is 1. The van der Waals surface area contributed by atoms with Gasteiger partial charge in [-0.05, 0) is 62.3 Å². The summed E-state index contributed by atoms with van der Waals surface area (Å²) in [5, 5.41) is 0. The highest BCUT2D eigenvalue weighted by molar-refractivity contribution is 7.90. The highest BCUT2D eigenvalue weighted by atomic mass is 32.2. The Morgan fingerprint density at radius 2 is 2.00 bits per heavy atom. The zero-order valence-electron chi connectivity index (χ0n) is 18.6. The maximum atomic E-state index is 12.3. The van der Waals surface area contributed by atoms with E-state index in [0.29, 0.717) is 30.9 Å². The van der Waals surface area contributed by atoms with Crippen molar-refractivity contribution in [2.75, 3.05) is 32.6 Å². The van der Waals surface area contributed by atoms with Gasteiger partial charge >= 0.3 is 6.09 Å². The quantitative estimate of drug-likeness (QED) is 0.597. The van der Waals surface area contributed by atoms with E-state index in [-0.39, 0.29) is 16.4 Å². The lowest BCUT2D eigenvalue weighted by Gasteiger charge is -2.38. The van der Waals surface area contributed by atoms with Gasteiger partial charge in [0, 0.05) is 37.0 Å². The predicted molar refractivity (Wildman–Crippen MR) is 117 cm³/mol. The lowest BCUT2D eigenvalue weighted by Crippen LogP contribution is -2.41. The number of nitrogens with zero attached hydrogens (tertiary/aromatic N) is 2. The second kappa shape index (κ2) is 8.96. The van der Waals surface area contributed by atoms with E-state index < -0.39 is 9.84 Å². The summed E-state index contributed by atoms with van der Waals surface area (Å²) in [6.07, 6.45) is 10.3. The van der Waals surface area contributed by atoms with Crippen molar-refractivity contribution in [3.05, 3.63) is 18.3 Å². The van der Waals surface area contributed by atoms with Gasteiger partial charge in [-0.15, -0.1) is 0 Å². The van der Waals surface area contributed by atoms with E-state index in [2.05, 4.69) is 11.9 Å². The number of aromatic nitrogens is 1. The standard InChI is InChI=1S/C23H34N2O5S/c1-23(9-3-10-23)16-30-22(26)25-11-6-17(7-12-25)20-14-18(20)8-13-29-21-5-4-19(15-24-21)31(2,27)28/h4-5,15,17-18,20H,3,6-14,16H2,1-2H3/t18-,20-/m1/s1. The Balaban J connectivity index is 1.12. The average Bonchev–Trinajstić information content (AvgIpc) is 3.50. The highest BCUT2D eigenvalue weighted by Crippen LogP contribution is 2.49. The summed E-state index contributed by atoms with van der Waals surface area (Å²) in [6, 6.07) is 3.14. The average molecular weight is 451 g/mol. The summed E-state index contributed by atoms with van der Waals surface area (Å²) >= 11 is 0. The molecule has 2 saturated carbocycles. The van der Waals surface area contributed by atoms with Crippen LogP contribution in [0.2, 0.25) is 0 Å². The highest BCUT2D eigenvalue weighted by Gasteiger charge is 2.43. The molecule has 0 bridgehead atoms. The summed E-state index contributed by atoms with van der Waals surface area (Å²) in [5.74, 6) is 2.56. The second-order valence-corrected chi connectivity index (χ2v) is 12.0. The molecule has 2 atom stereocenters. The van der Waals surface area contributed by atoms with Gasteiger partial charge in [-0.2, -0.15) is 0 Å². The van der Waals surface area contributed by atoms with Crippen molar-refractivity contribution >= 4 is 15.9 Å². The largest absolute Gasteiger partial charge is 0.478 e. The molecular weight excluding hydrogens is 416 g/mol. The van der Waals surface area contributed by atoms with Gasteiger partial charge in [-0.1, -0.05) is 13.3 Å². The van der Waals surface area contributed by atoms with Crippen molar-refractivity contribution in [3.8, 4) is 5.88 Å². The minimum absolute atomic E-state index is 0.137. The van der Waals surface area contributed by atoms with Crippen LogP contribution in [0.4, 0.5) is 4.79 Å².